The lowest BCUT2D eigenvalue weighted by molar-refractivity contribution is 0.102. The number of carbonyl (C=O) groups is 1. The van der Waals surface area contributed by atoms with Gasteiger partial charge in [-0.15, -0.1) is 0 Å². The van der Waals surface area contributed by atoms with Crippen LogP contribution < -0.4 is 0 Å². The molecule has 0 spiro atoms. The fourth-order valence-electron chi connectivity index (χ4n) is 2.62. The molecule has 0 radical (unpaired) electrons. The maximum absolute atomic E-state index is 11.8. The van der Waals surface area contributed by atoms with Crippen molar-refractivity contribution in [2.75, 3.05) is 12.0 Å². The van der Waals surface area contributed by atoms with E-state index in [4.69, 9.17) is 0 Å². The fourth-order valence-corrected chi connectivity index (χ4v) is 4.22. The van der Waals surface area contributed by atoms with Crippen LogP contribution in [-0.4, -0.2) is 17.8 Å². The van der Waals surface area contributed by atoms with Gasteiger partial charge in [0.25, 0.3) is 0 Å². The molecule has 1 aliphatic carbocycles. The second-order valence-corrected chi connectivity index (χ2v) is 6.53. The molecule has 0 fully saturated rings. The molecule has 3 rings (SSSR count). The van der Waals surface area contributed by atoms with Gasteiger partial charge in [0.1, 0.15) is 6.26 Å². The lowest BCUT2D eigenvalue weighted by Gasteiger charge is -2.15. The number of hydrogen-bond acceptors (Lipinski definition) is 1. The number of hydrogen-bond donors (Lipinski definition) is 0. The smallest absolute Gasteiger partial charge is 0.217 e. The number of ketones is 1. The quantitative estimate of drug-likeness (QED) is 0.612. The van der Waals surface area contributed by atoms with Crippen molar-refractivity contribution in [1.29, 1.82) is 0 Å². The molecule has 0 aromatic heterocycles. The fraction of sp³-hybridized carbons (Fsp3) is 0.462. The Morgan fingerprint density at radius 3 is 2.53 bits per heavy atom. The molecule has 1 atom stereocenters. The van der Waals surface area contributed by atoms with Gasteiger partial charge in [0.15, 0.2) is 10.6 Å². The topological polar surface area (TPSA) is 17.1 Å². The Labute approximate surface area is 93.2 Å². The molecule has 0 N–H and O–H groups in total. The van der Waals surface area contributed by atoms with E-state index >= 15 is 0 Å². The standard InChI is InChI=1S/C13H15OS/c1-15-8-12(14)11-6-9-4-2-3-5-10(9)7-13(11)15/h6-7H,2-5,8H2,1H3/q+1. The zero-order valence-corrected chi connectivity index (χ0v) is 9.82. The summed E-state index contributed by atoms with van der Waals surface area (Å²) in [6.07, 6.45) is 7.19. The monoisotopic (exact) mass is 219 g/mol. The molecular weight excluding hydrogens is 204 g/mol. The maximum Gasteiger partial charge on any atom is 0.217 e. The predicted molar refractivity (Wildman–Crippen MR) is 63.8 cm³/mol. The molecule has 2 heteroatoms. The van der Waals surface area contributed by atoms with Crippen LogP contribution in [-0.2, 0) is 23.7 Å². The van der Waals surface area contributed by atoms with Crippen LogP contribution in [0.25, 0.3) is 0 Å². The first kappa shape index (κ1) is 9.46. The summed E-state index contributed by atoms with van der Waals surface area (Å²) >= 11 is 0. The van der Waals surface area contributed by atoms with Crippen LogP contribution in [0.2, 0.25) is 0 Å². The SMILES string of the molecule is C[S+]1CC(=O)c2cc3c(cc21)CCCC3. The molecule has 1 nitrogen and oxygen atoms in total. The van der Waals surface area contributed by atoms with Crippen LogP contribution in [0.5, 0.6) is 0 Å². The largest absolute Gasteiger partial charge is 0.289 e. The molecule has 1 unspecified atom stereocenters. The van der Waals surface area contributed by atoms with Crippen molar-refractivity contribution in [2.24, 2.45) is 0 Å². The first-order valence-corrected chi connectivity index (χ1v) is 7.37. The Hall–Kier alpha value is -0.760. The van der Waals surface area contributed by atoms with Crippen molar-refractivity contribution in [2.45, 2.75) is 30.6 Å². The van der Waals surface area contributed by atoms with Crippen LogP contribution in [0, 0.1) is 0 Å². The molecule has 0 amide bonds. The Kier molecular flexibility index (Phi) is 2.13. The minimum atomic E-state index is 0.175. The van der Waals surface area contributed by atoms with Crippen molar-refractivity contribution in [3.05, 3.63) is 28.8 Å². The van der Waals surface area contributed by atoms with Gasteiger partial charge in [0.05, 0.1) is 5.56 Å². The average molecular weight is 219 g/mol. The third kappa shape index (κ3) is 1.43. The van der Waals surface area contributed by atoms with Gasteiger partial charge in [0, 0.05) is 10.9 Å². The summed E-state index contributed by atoms with van der Waals surface area (Å²) in [5, 5.41) is 0. The Morgan fingerprint density at radius 2 is 1.80 bits per heavy atom. The minimum Gasteiger partial charge on any atom is -0.289 e. The van der Waals surface area contributed by atoms with Crippen LogP contribution >= 0.6 is 0 Å². The highest BCUT2D eigenvalue weighted by atomic mass is 32.2. The molecule has 2 aliphatic rings. The molecule has 1 aromatic carbocycles. The number of Topliss-reactive ketones (excluding diaryl/α,β-unsaturated/α-hetero) is 1. The van der Waals surface area contributed by atoms with E-state index in [-0.39, 0.29) is 10.9 Å². The molecule has 78 valence electrons. The van der Waals surface area contributed by atoms with E-state index in [1.54, 1.807) is 0 Å². The minimum absolute atomic E-state index is 0.175. The van der Waals surface area contributed by atoms with Gasteiger partial charge in [-0.2, -0.15) is 0 Å². The normalized spacial score (nSPS) is 23.8. The summed E-state index contributed by atoms with van der Waals surface area (Å²) in [5.74, 6) is 1.11. The Balaban J connectivity index is 2.16. The van der Waals surface area contributed by atoms with Gasteiger partial charge < -0.3 is 0 Å². The zero-order valence-electron chi connectivity index (χ0n) is 9.01. The molecule has 1 aromatic rings. The third-order valence-corrected chi connectivity index (χ3v) is 5.25. The molecule has 0 saturated heterocycles. The summed E-state index contributed by atoms with van der Waals surface area (Å²) in [4.78, 5) is 13.1. The van der Waals surface area contributed by atoms with Crippen LogP contribution in [0.3, 0.4) is 0 Å². The van der Waals surface area contributed by atoms with Gasteiger partial charge >= 0.3 is 0 Å². The average Bonchev–Trinajstić information content (AvgIpc) is 2.52. The summed E-state index contributed by atoms with van der Waals surface area (Å²) in [6, 6.07) is 4.50. The number of benzene rings is 1. The van der Waals surface area contributed by atoms with Crippen LogP contribution in [0.4, 0.5) is 0 Å². The van der Waals surface area contributed by atoms with E-state index in [1.807, 2.05) is 0 Å². The highest BCUT2D eigenvalue weighted by molar-refractivity contribution is 7.97. The number of carbonyl (C=O) groups excluding carboxylic acids is 1. The van der Waals surface area contributed by atoms with E-state index in [0.717, 1.165) is 11.3 Å². The van der Waals surface area contributed by atoms with Crippen LogP contribution in [0.1, 0.15) is 34.3 Å². The molecule has 1 aliphatic heterocycles. The van der Waals surface area contributed by atoms with Gasteiger partial charge in [-0.05, 0) is 48.9 Å². The number of fused-ring (bicyclic) bond motifs is 2. The highest BCUT2D eigenvalue weighted by Crippen LogP contribution is 2.32. The van der Waals surface area contributed by atoms with Crippen molar-refractivity contribution in [1.82, 2.24) is 0 Å². The summed E-state index contributed by atoms with van der Waals surface area (Å²) in [6.45, 7) is 0. The van der Waals surface area contributed by atoms with Gasteiger partial charge in [-0.25, -0.2) is 0 Å². The lowest BCUT2D eigenvalue weighted by atomic mass is 9.90. The first-order chi connectivity index (χ1) is 7.25. The van der Waals surface area contributed by atoms with Crippen molar-refractivity contribution in [3.8, 4) is 0 Å². The molecule has 0 bridgehead atoms. The number of rotatable bonds is 0. The predicted octanol–water partition coefficient (Wildman–Crippen LogP) is 2.37. The van der Waals surface area contributed by atoms with E-state index in [2.05, 4.69) is 18.4 Å². The number of aryl methyl sites for hydroxylation is 2. The van der Waals surface area contributed by atoms with Gasteiger partial charge in [-0.1, -0.05) is 0 Å². The highest BCUT2D eigenvalue weighted by Gasteiger charge is 2.36. The van der Waals surface area contributed by atoms with Crippen LogP contribution in [0.15, 0.2) is 17.0 Å². The van der Waals surface area contributed by atoms with Crippen molar-refractivity contribution >= 4 is 16.7 Å². The van der Waals surface area contributed by atoms with E-state index in [0.29, 0.717) is 5.78 Å². The van der Waals surface area contributed by atoms with E-state index in [9.17, 15) is 4.79 Å². The molecule has 0 saturated carbocycles. The third-order valence-electron chi connectivity index (χ3n) is 3.47. The summed E-state index contributed by atoms with van der Waals surface area (Å²) in [5.41, 5.74) is 3.97. The van der Waals surface area contributed by atoms with Gasteiger partial charge in [-0.3, -0.25) is 4.79 Å². The van der Waals surface area contributed by atoms with E-state index in [1.165, 1.54) is 41.7 Å². The zero-order chi connectivity index (χ0) is 10.4. The van der Waals surface area contributed by atoms with Crippen molar-refractivity contribution < 1.29 is 4.79 Å². The first-order valence-electron chi connectivity index (χ1n) is 5.57. The van der Waals surface area contributed by atoms with Crippen molar-refractivity contribution in [3.63, 3.8) is 0 Å². The summed E-state index contributed by atoms with van der Waals surface area (Å²) in [7, 11) is 0.175. The van der Waals surface area contributed by atoms with Gasteiger partial charge in [0.2, 0.25) is 5.78 Å². The summed E-state index contributed by atoms with van der Waals surface area (Å²) < 4.78 is 0. The molecular formula is C13H15OS+. The Morgan fingerprint density at radius 1 is 1.13 bits per heavy atom. The molecule has 1 heterocycles. The molecule has 15 heavy (non-hydrogen) atoms. The lowest BCUT2D eigenvalue weighted by Crippen LogP contribution is -2.05. The Bertz CT molecular complexity index is 436. The second kappa shape index (κ2) is 3.38. The van der Waals surface area contributed by atoms with E-state index < -0.39 is 0 Å². The second-order valence-electron chi connectivity index (χ2n) is 4.53. The maximum atomic E-state index is 11.8.